The maximum Gasteiger partial charge on any atom is 0.259 e. The SMILES string of the molecule is O=C(Cc1ccccc1)NC[C@H]1CC[C@@H]2CN(C(=O)c3cccnc3)c3ccccc3CN12. The van der Waals surface area contributed by atoms with Gasteiger partial charge in [0.25, 0.3) is 5.91 Å². The van der Waals surface area contributed by atoms with Crippen molar-refractivity contribution < 1.29 is 9.59 Å². The van der Waals surface area contributed by atoms with Gasteiger partial charge in [0.1, 0.15) is 0 Å². The summed E-state index contributed by atoms with van der Waals surface area (Å²) in [6.07, 6.45) is 5.72. The number of nitrogens with zero attached hydrogens (tertiary/aromatic N) is 3. The molecule has 1 aromatic heterocycles. The summed E-state index contributed by atoms with van der Waals surface area (Å²) >= 11 is 0. The monoisotopic (exact) mass is 440 g/mol. The fourth-order valence-electron chi connectivity index (χ4n) is 5.01. The molecule has 0 unspecified atom stereocenters. The summed E-state index contributed by atoms with van der Waals surface area (Å²) in [5, 5.41) is 3.14. The molecule has 0 saturated carbocycles. The predicted molar refractivity (Wildman–Crippen MR) is 128 cm³/mol. The molecule has 0 aliphatic carbocycles. The van der Waals surface area contributed by atoms with Gasteiger partial charge in [0.05, 0.1) is 12.0 Å². The molecule has 2 atom stereocenters. The molecule has 1 saturated heterocycles. The third-order valence-electron chi connectivity index (χ3n) is 6.70. The van der Waals surface area contributed by atoms with Crippen molar-refractivity contribution in [3.63, 3.8) is 0 Å². The Morgan fingerprint density at radius 1 is 0.970 bits per heavy atom. The van der Waals surface area contributed by atoms with E-state index >= 15 is 0 Å². The molecule has 6 heteroatoms. The Labute approximate surface area is 194 Å². The van der Waals surface area contributed by atoms with Crippen molar-refractivity contribution in [2.75, 3.05) is 18.0 Å². The van der Waals surface area contributed by atoms with Gasteiger partial charge in [-0.15, -0.1) is 0 Å². The van der Waals surface area contributed by atoms with Crippen LogP contribution in [0.4, 0.5) is 5.69 Å². The first kappa shape index (κ1) is 21.3. The number of fused-ring (bicyclic) bond motifs is 2. The van der Waals surface area contributed by atoms with Gasteiger partial charge < -0.3 is 10.2 Å². The Morgan fingerprint density at radius 2 is 1.79 bits per heavy atom. The van der Waals surface area contributed by atoms with Gasteiger partial charge in [-0.25, -0.2) is 0 Å². The normalized spacial score (nSPS) is 19.9. The Morgan fingerprint density at radius 3 is 2.61 bits per heavy atom. The zero-order chi connectivity index (χ0) is 22.6. The highest BCUT2D eigenvalue weighted by molar-refractivity contribution is 6.06. The van der Waals surface area contributed by atoms with Crippen molar-refractivity contribution in [3.05, 3.63) is 95.8 Å². The molecule has 5 rings (SSSR count). The Kier molecular flexibility index (Phi) is 6.17. The highest BCUT2D eigenvalue weighted by Crippen LogP contribution is 2.35. The third-order valence-corrected chi connectivity index (χ3v) is 6.70. The van der Waals surface area contributed by atoms with Crippen LogP contribution in [0.25, 0.3) is 0 Å². The predicted octanol–water partition coefficient (Wildman–Crippen LogP) is 3.43. The average molecular weight is 441 g/mol. The van der Waals surface area contributed by atoms with E-state index in [1.807, 2.05) is 59.5 Å². The van der Waals surface area contributed by atoms with Crippen LogP contribution in [0.1, 0.15) is 34.3 Å². The molecule has 1 N–H and O–H groups in total. The molecular formula is C27H28N4O2. The van der Waals surface area contributed by atoms with Crippen molar-refractivity contribution >= 4 is 17.5 Å². The van der Waals surface area contributed by atoms with Gasteiger partial charge in [-0.2, -0.15) is 0 Å². The first-order valence-electron chi connectivity index (χ1n) is 11.5. The molecule has 2 amide bonds. The number of carbonyl (C=O) groups is 2. The van der Waals surface area contributed by atoms with Gasteiger partial charge in [0.15, 0.2) is 0 Å². The van der Waals surface area contributed by atoms with Crippen molar-refractivity contribution in [2.45, 2.75) is 37.9 Å². The molecule has 3 heterocycles. The van der Waals surface area contributed by atoms with Crippen LogP contribution >= 0.6 is 0 Å². The lowest BCUT2D eigenvalue weighted by atomic mass is 10.1. The Hall–Kier alpha value is -3.51. The second kappa shape index (κ2) is 9.55. The van der Waals surface area contributed by atoms with Crippen LogP contribution < -0.4 is 10.2 Å². The molecule has 0 radical (unpaired) electrons. The number of carbonyl (C=O) groups excluding carboxylic acids is 2. The number of aromatic nitrogens is 1. The van der Waals surface area contributed by atoms with E-state index in [1.165, 1.54) is 0 Å². The summed E-state index contributed by atoms with van der Waals surface area (Å²) in [5.41, 5.74) is 3.73. The fraction of sp³-hybridized carbons (Fsp3) is 0.296. The third kappa shape index (κ3) is 4.66. The van der Waals surface area contributed by atoms with Crippen molar-refractivity contribution in [3.8, 4) is 0 Å². The average Bonchev–Trinajstić information content (AvgIpc) is 3.15. The van der Waals surface area contributed by atoms with Crippen LogP contribution in [0.2, 0.25) is 0 Å². The summed E-state index contributed by atoms with van der Waals surface area (Å²) in [5.74, 6) is 0.0327. The Bertz CT molecular complexity index is 1120. The number of anilines is 1. The number of amides is 2. The highest BCUT2D eigenvalue weighted by Gasteiger charge is 2.39. The van der Waals surface area contributed by atoms with Gasteiger partial charge in [-0.1, -0.05) is 48.5 Å². The van der Waals surface area contributed by atoms with Gasteiger partial charge in [-0.3, -0.25) is 19.5 Å². The van der Waals surface area contributed by atoms with Gasteiger partial charge in [-0.05, 0) is 42.2 Å². The molecule has 33 heavy (non-hydrogen) atoms. The minimum atomic E-state index is -0.0167. The second-order valence-corrected chi connectivity index (χ2v) is 8.81. The van der Waals surface area contributed by atoms with Crippen LogP contribution in [0, 0.1) is 0 Å². The number of rotatable bonds is 5. The standard InChI is InChI=1S/C27H28N4O2/c32-26(15-20-7-2-1-3-8-20)29-17-23-12-13-24-19-31(27(33)21-10-6-14-28-16-21)25-11-5-4-9-22(25)18-30(23)24/h1-11,14,16,23-24H,12-13,15,17-19H2,(H,29,32)/t23-,24-/m1/s1. The zero-order valence-corrected chi connectivity index (χ0v) is 18.6. The maximum absolute atomic E-state index is 13.4. The summed E-state index contributed by atoms with van der Waals surface area (Å²) in [7, 11) is 0. The van der Waals surface area contributed by atoms with Gasteiger partial charge >= 0.3 is 0 Å². The summed E-state index contributed by atoms with van der Waals surface area (Å²) in [6.45, 7) is 2.04. The summed E-state index contributed by atoms with van der Waals surface area (Å²) < 4.78 is 0. The van der Waals surface area contributed by atoms with E-state index in [0.29, 0.717) is 25.1 Å². The Balaban J connectivity index is 1.31. The van der Waals surface area contributed by atoms with Gasteiger partial charge in [0.2, 0.25) is 5.91 Å². The molecule has 3 aromatic rings. The number of hydrogen-bond acceptors (Lipinski definition) is 4. The molecule has 168 valence electrons. The molecular weight excluding hydrogens is 412 g/mol. The van der Waals surface area contributed by atoms with E-state index in [1.54, 1.807) is 18.5 Å². The highest BCUT2D eigenvalue weighted by atomic mass is 16.2. The van der Waals surface area contributed by atoms with Crippen LogP contribution in [-0.2, 0) is 17.8 Å². The van der Waals surface area contributed by atoms with Crippen LogP contribution in [0.15, 0.2) is 79.1 Å². The van der Waals surface area contributed by atoms with E-state index in [2.05, 4.69) is 21.3 Å². The van der Waals surface area contributed by atoms with E-state index in [0.717, 1.165) is 36.2 Å². The lowest BCUT2D eigenvalue weighted by Crippen LogP contribution is -2.46. The number of hydrogen-bond donors (Lipinski definition) is 1. The number of nitrogens with one attached hydrogen (secondary N) is 1. The van der Waals surface area contributed by atoms with E-state index in [9.17, 15) is 9.59 Å². The van der Waals surface area contributed by atoms with Crippen molar-refractivity contribution in [1.82, 2.24) is 15.2 Å². The molecule has 6 nitrogen and oxygen atoms in total. The maximum atomic E-state index is 13.4. The van der Waals surface area contributed by atoms with Crippen LogP contribution in [-0.4, -0.2) is 46.9 Å². The largest absolute Gasteiger partial charge is 0.354 e. The van der Waals surface area contributed by atoms with Crippen LogP contribution in [0.5, 0.6) is 0 Å². The molecule has 2 aromatic carbocycles. The van der Waals surface area contributed by atoms with Gasteiger partial charge in [0, 0.05) is 49.8 Å². The number of pyridine rings is 1. The van der Waals surface area contributed by atoms with Crippen molar-refractivity contribution in [2.24, 2.45) is 0 Å². The summed E-state index contributed by atoms with van der Waals surface area (Å²) in [6, 6.07) is 22.1. The van der Waals surface area contributed by atoms with E-state index < -0.39 is 0 Å². The molecule has 0 bridgehead atoms. The quantitative estimate of drug-likeness (QED) is 0.660. The lowest BCUT2D eigenvalue weighted by Gasteiger charge is -2.29. The lowest BCUT2D eigenvalue weighted by molar-refractivity contribution is -0.120. The fourth-order valence-corrected chi connectivity index (χ4v) is 5.01. The number of para-hydroxylation sites is 1. The van der Waals surface area contributed by atoms with Crippen molar-refractivity contribution in [1.29, 1.82) is 0 Å². The molecule has 1 fully saturated rings. The first-order valence-corrected chi connectivity index (χ1v) is 11.5. The zero-order valence-electron chi connectivity index (χ0n) is 18.6. The molecule has 2 aliphatic rings. The minimum absolute atomic E-state index is 0.0167. The molecule has 2 aliphatic heterocycles. The van der Waals surface area contributed by atoms with E-state index in [-0.39, 0.29) is 23.9 Å². The first-order chi connectivity index (χ1) is 16.2. The minimum Gasteiger partial charge on any atom is -0.354 e. The van der Waals surface area contributed by atoms with Crippen LogP contribution in [0.3, 0.4) is 0 Å². The topological polar surface area (TPSA) is 65.5 Å². The smallest absolute Gasteiger partial charge is 0.259 e. The summed E-state index contributed by atoms with van der Waals surface area (Å²) in [4.78, 5) is 34.4. The second-order valence-electron chi connectivity index (χ2n) is 8.81. The molecule has 0 spiro atoms. The number of benzene rings is 2. The van der Waals surface area contributed by atoms with E-state index in [4.69, 9.17) is 0 Å².